The topological polar surface area (TPSA) is 89.7 Å². The van der Waals surface area contributed by atoms with Crippen LogP contribution >= 0.6 is 0 Å². The van der Waals surface area contributed by atoms with Crippen LogP contribution in [0.2, 0.25) is 0 Å². The minimum absolute atomic E-state index is 0.0578. The van der Waals surface area contributed by atoms with E-state index in [4.69, 9.17) is 28.9 Å². The van der Waals surface area contributed by atoms with Gasteiger partial charge in [0.05, 0.1) is 0 Å². The fourth-order valence-electron chi connectivity index (χ4n) is 2.21. The second-order valence-electron chi connectivity index (χ2n) is 5.05. The molecule has 0 spiro atoms. The molecule has 2 rings (SSSR count). The monoisotopic (exact) mass is 309 g/mol. The summed E-state index contributed by atoms with van der Waals surface area (Å²) in [6, 6.07) is 7.05. The van der Waals surface area contributed by atoms with Crippen LogP contribution in [-0.4, -0.2) is 50.0 Å². The highest BCUT2D eigenvalue weighted by atomic mass is 16.7. The fourth-order valence-corrected chi connectivity index (χ4v) is 2.21. The van der Waals surface area contributed by atoms with Gasteiger partial charge in [0.25, 0.3) is 0 Å². The van der Waals surface area contributed by atoms with E-state index in [1.54, 1.807) is 12.1 Å². The summed E-state index contributed by atoms with van der Waals surface area (Å²) < 4.78 is 20.8. The molecule has 0 aromatic heterocycles. The number of aliphatic imine (C=N–C) groups is 1. The number of hydrogen-bond donors (Lipinski definition) is 2. The van der Waals surface area contributed by atoms with Crippen LogP contribution in [0.15, 0.2) is 29.3 Å². The SMILES string of the molecule is COC1(OC)COC(C(C)Cc2ccc(OB(O)O)cc2)=N1. The molecule has 1 aliphatic heterocycles. The van der Waals surface area contributed by atoms with Crippen LogP contribution in [0.1, 0.15) is 12.5 Å². The Labute approximate surface area is 129 Å². The summed E-state index contributed by atoms with van der Waals surface area (Å²) in [5, 5.41) is 17.5. The van der Waals surface area contributed by atoms with Gasteiger partial charge in [0.15, 0.2) is 12.5 Å². The molecule has 120 valence electrons. The molecule has 2 N–H and O–H groups in total. The molecule has 0 fully saturated rings. The average molecular weight is 309 g/mol. The lowest BCUT2D eigenvalue weighted by Crippen LogP contribution is -2.32. The van der Waals surface area contributed by atoms with Gasteiger partial charge < -0.3 is 28.9 Å². The van der Waals surface area contributed by atoms with Crippen molar-refractivity contribution in [1.29, 1.82) is 0 Å². The lowest BCUT2D eigenvalue weighted by Gasteiger charge is -2.18. The number of rotatable bonds is 7. The normalized spacial score (nSPS) is 17.6. The quantitative estimate of drug-likeness (QED) is 0.566. The fraction of sp³-hybridized carbons (Fsp3) is 0.500. The zero-order chi connectivity index (χ0) is 16.2. The molecule has 8 heteroatoms. The smallest absolute Gasteiger partial charge is 0.512 e. The molecule has 1 aromatic carbocycles. The first-order chi connectivity index (χ1) is 10.5. The Hall–Kier alpha value is -1.61. The number of nitrogens with zero attached hydrogens (tertiary/aromatic N) is 1. The molecule has 1 aliphatic rings. The minimum Gasteiger partial charge on any atom is -0.512 e. The van der Waals surface area contributed by atoms with Crippen molar-refractivity contribution in [3.8, 4) is 5.75 Å². The predicted molar refractivity (Wildman–Crippen MR) is 80.3 cm³/mol. The van der Waals surface area contributed by atoms with E-state index in [1.807, 2.05) is 19.1 Å². The first kappa shape index (κ1) is 16.8. The third kappa shape index (κ3) is 3.98. The van der Waals surface area contributed by atoms with Gasteiger partial charge in [-0.2, -0.15) is 4.99 Å². The largest absolute Gasteiger partial charge is 0.707 e. The first-order valence-corrected chi connectivity index (χ1v) is 6.92. The van der Waals surface area contributed by atoms with E-state index in [1.165, 1.54) is 14.2 Å². The van der Waals surface area contributed by atoms with Crippen molar-refractivity contribution in [3.05, 3.63) is 29.8 Å². The lowest BCUT2D eigenvalue weighted by molar-refractivity contribution is -0.205. The van der Waals surface area contributed by atoms with Gasteiger partial charge in [0.1, 0.15) is 5.75 Å². The number of methoxy groups -OCH3 is 2. The number of hydrogen-bond acceptors (Lipinski definition) is 7. The maximum atomic E-state index is 8.74. The maximum absolute atomic E-state index is 8.74. The van der Waals surface area contributed by atoms with E-state index in [2.05, 4.69) is 4.99 Å². The van der Waals surface area contributed by atoms with Gasteiger partial charge >= 0.3 is 13.2 Å². The predicted octanol–water partition coefficient (Wildman–Crippen LogP) is 0.589. The molecule has 1 heterocycles. The summed E-state index contributed by atoms with van der Waals surface area (Å²) in [6.07, 6.45) is 0.713. The van der Waals surface area contributed by atoms with Gasteiger partial charge in [-0.1, -0.05) is 19.1 Å². The van der Waals surface area contributed by atoms with Crippen LogP contribution in [0, 0.1) is 5.92 Å². The Bertz CT molecular complexity index is 515. The zero-order valence-electron chi connectivity index (χ0n) is 12.9. The second-order valence-corrected chi connectivity index (χ2v) is 5.05. The van der Waals surface area contributed by atoms with Gasteiger partial charge in [-0.25, -0.2) is 0 Å². The van der Waals surface area contributed by atoms with E-state index in [0.29, 0.717) is 18.1 Å². The van der Waals surface area contributed by atoms with Gasteiger partial charge in [0.2, 0.25) is 0 Å². The Kier molecular flexibility index (Phi) is 5.41. The highest BCUT2D eigenvalue weighted by Gasteiger charge is 2.38. The highest BCUT2D eigenvalue weighted by molar-refractivity contribution is 6.33. The summed E-state index contributed by atoms with van der Waals surface area (Å²) in [5.74, 6) is -0.00530. The third-order valence-corrected chi connectivity index (χ3v) is 3.45. The van der Waals surface area contributed by atoms with Gasteiger partial charge in [0, 0.05) is 20.1 Å². The summed E-state index contributed by atoms with van der Waals surface area (Å²) in [4.78, 5) is 4.37. The molecular weight excluding hydrogens is 289 g/mol. The first-order valence-electron chi connectivity index (χ1n) is 6.92. The van der Waals surface area contributed by atoms with Crippen molar-refractivity contribution in [2.75, 3.05) is 20.8 Å². The van der Waals surface area contributed by atoms with Crippen LogP contribution in [0.5, 0.6) is 5.75 Å². The van der Waals surface area contributed by atoms with Crippen LogP contribution in [0.3, 0.4) is 0 Å². The molecule has 0 saturated carbocycles. The van der Waals surface area contributed by atoms with Gasteiger partial charge in [-0.05, 0) is 24.1 Å². The van der Waals surface area contributed by atoms with Crippen LogP contribution in [0.4, 0.5) is 0 Å². The molecule has 1 aromatic rings. The maximum Gasteiger partial charge on any atom is 0.707 e. The van der Waals surface area contributed by atoms with Gasteiger partial charge in [-0.15, -0.1) is 0 Å². The Balaban J connectivity index is 1.99. The summed E-state index contributed by atoms with van der Waals surface area (Å²) >= 11 is 0. The number of benzene rings is 1. The minimum atomic E-state index is -1.82. The lowest BCUT2D eigenvalue weighted by atomic mass is 10.0. The van der Waals surface area contributed by atoms with Crippen molar-refractivity contribution < 1.29 is 28.9 Å². The molecule has 0 radical (unpaired) electrons. The summed E-state index contributed by atoms with van der Waals surface area (Å²) in [5.41, 5.74) is 1.05. The molecule has 0 aliphatic carbocycles. The van der Waals surface area contributed by atoms with E-state index >= 15 is 0 Å². The molecule has 7 nitrogen and oxygen atoms in total. The standard InChI is InChI=1S/C14H20BNO6/c1-10(13-16-14(19-2,20-3)9-21-13)8-11-4-6-12(7-5-11)22-15(17)18/h4-7,10,17-18H,8-9H2,1-3H3. The Morgan fingerprint density at radius 3 is 2.41 bits per heavy atom. The van der Waals surface area contributed by atoms with Crippen LogP contribution in [0.25, 0.3) is 0 Å². The summed E-state index contributed by atoms with van der Waals surface area (Å²) in [7, 11) is 1.23. The van der Waals surface area contributed by atoms with E-state index in [0.717, 1.165) is 5.56 Å². The summed E-state index contributed by atoms with van der Waals surface area (Å²) in [6.45, 7) is 2.24. The average Bonchev–Trinajstić information content (AvgIpc) is 2.94. The Morgan fingerprint density at radius 1 is 1.27 bits per heavy atom. The van der Waals surface area contributed by atoms with Crippen molar-refractivity contribution in [2.24, 2.45) is 10.9 Å². The highest BCUT2D eigenvalue weighted by Crippen LogP contribution is 2.25. The molecule has 0 bridgehead atoms. The third-order valence-electron chi connectivity index (χ3n) is 3.45. The van der Waals surface area contributed by atoms with E-state index in [9.17, 15) is 0 Å². The Morgan fingerprint density at radius 2 is 1.91 bits per heavy atom. The second kappa shape index (κ2) is 7.10. The van der Waals surface area contributed by atoms with Crippen molar-refractivity contribution in [1.82, 2.24) is 0 Å². The van der Waals surface area contributed by atoms with Crippen molar-refractivity contribution in [2.45, 2.75) is 19.3 Å². The van der Waals surface area contributed by atoms with Crippen molar-refractivity contribution in [3.63, 3.8) is 0 Å². The molecule has 0 amide bonds. The van der Waals surface area contributed by atoms with Crippen LogP contribution in [-0.2, 0) is 20.6 Å². The molecule has 1 unspecified atom stereocenters. The molecule has 0 saturated heterocycles. The van der Waals surface area contributed by atoms with E-state index < -0.39 is 13.2 Å². The van der Waals surface area contributed by atoms with Crippen molar-refractivity contribution >= 4 is 13.2 Å². The van der Waals surface area contributed by atoms with E-state index in [-0.39, 0.29) is 12.5 Å². The van der Waals surface area contributed by atoms with Crippen LogP contribution < -0.4 is 4.65 Å². The molecule has 1 atom stereocenters. The molecule has 22 heavy (non-hydrogen) atoms. The zero-order valence-corrected chi connectivity index (χ0v) is 12.9. The van der Waals surface area contributed by atoms with Gasteiger partial charge in [-0.3, -0.25) is 0 Å². The molecular formula is C14H20BNO6. The number of ether oxygens (including phenoxy) is 3.